The third kappa shape index (κ3) is 6.40. The van der Waals surface area contributed by atoms with E-state index >= 15 is 0 Å². The highest BCUT2D eigenvalue weighted by molar-refractivity contribution is 9.09. The second kappa shape index (κ2) is 5.32. The largest absolute Gasteiger partial charge is 0.306 e. The molecule has 0 fully saturated rings. The number of rotatable bonds is 4. The van der Waals surface area contributed by atoms with Crippen LogP contribution in [0.2, 0.25) is 0 Å². The summed E-state index contributed by atoms with van der Waals surface area (Å²) in [6, 6.07) is 0. The predicted molar refractivity (Wildman–Crippen MR) is 38.9 cm³/mol. The van der Waals surface area contributed by atoms with Gasteiger partial charge >= 0.3 is 0 Å². The molecule has 0 amide bonds. The molecule has 0 saturated heterocycles. The predicted octanol–water partition coefficient (Wildman–Crippen LogP) is 1.33. The summed E-state index contributed by atoms with van der Waals surface area (Å²) < 4.78 is 29.8. The fourth-order valence-electron chi connectivity index (χ4n) is 0.306. The van der Waals surface area contributed by atoms with E-state index in [9.17, 15) is 8.60 Å². The summed E-state index contributed by atoms with van der Waals surface area (Å²) in [7, 11) is 0. The Balaban J connectivity index is 3.16. The molecule has 0 bridgehead atoms. The van der Waals surface area contributed by atoms with E-state index in [1.54, 1.807) is 0 Å². The first-order valence-electron chi connectivity index (χ1n) is 2.44. The highest BCUT2D eigenvalue weighted by Crippen LogP contribution is 2.05. The van der Waals surface area contributed by atoms with Crippen LogP contribution in [0.5, 0.6) is 0 Å². The Hall–Kier alpha value is 0.520. The van der Waals surface area contributed by atoms with Crippen molar-refractivity contribution in [2.24, 2.45) is 0 Å². The Kier molecular flexibility index (Phi) is 5.62. The zero-order chi connectivity index (χ0) is 7.28. The van der Waals surface area contributed by atoms with E-state index in [1.165, 1.54) is 0 Å². The zero-order valence-electron chi connectivity index (χ0n) is 4.72. The minimum absolute atomic E-state index is 0.139. The number of halogens is 2. The molecule has 0 aliphatic rings. The molecule has 2 atom stereocenters. The molecule has 56 valence electrons. The van der Waals surface area contributed by atoms with Crippen molar-refractivity contribution in [2.45, 2.75) is 11.2 Å². The summed E-state index contributed by atoms with van der Waals surface area (Å²) in [4.78, 5) is -0.270. The maximum atomic E-state index is 11.6. The van der Waals surface area contributed by atoms with Crippen molar-refractivity contribution in [3.8, 4) is 0 Å². The number of hydrogen-bond acceptors (Lipinski definition) is 1. The molecule has 0 spiro atoms. The molecule has 0 rings (SSSR count). The molecule has 0 aromatic rings. The molecule has 1 N–H and O–H groups in total. The van der Waals surface area contributed by atoms with Crippen LogP contribution in [0.25, 0.3) is 0 Å². The second-order valence-electron chi connectivity index (χ2n) is 1.57. The smallest absolute Gasteiger partial charge is 0.152 e. The van der Waals surface area contributed by atoms with Gasteiger partial charge in [-0.15, -0.1) is 0 Å². The first kappa shape index (κ1) is 9.52. The SMILES string of the molecule is O=S(O)CCC(Br)CF. The van der Waals surface area contributed by atoms with Crippen molar-refractivity contribution in [2.75, 3.05) is 12.4 Å². The van der Waals surface area contributed by atoms with Crippen molar-refractivity contribution in [3.63, 3.8) is 0 Å². The molecule has 0 aromatic heterocycles. The van der Waals surface area contributed by atoms with Crippen LogP contribution in [0.3, 0.4) is 0 Å². The fraction of sp³-hybridized carbons (Fsp3) is 1.00. The van der Waals surface area contributed by atoms with E-state index in [0.29, 0.717) is 6.42 Å². The Morgan fingerprint density at radius 1 is 1.78 bits per heavy atom. The van der Waals surface area contributed by atoms with Gasteiger partial charge in [0.1, 0.15) is 6.67 Å². The molecule has 0 aromatic carbocycles. The molecule has 2 unspecified atom stereocenters. The van der Waals surface area contributed by atoms with Crippen molar-refractivity contribution < 1.29 is 13.2 Å². The van der Waals surface area contributed by atoms with Crippen LogP contribution < -0.4 is 0 Å². The lowest BCUT2D eigenvalue weighted by atomic mass is 10.4. The summed E-state index contributed by atoms with van der Waals surface area (Å²) in [6.07, 6.45) is 0.402. The fourth-order valence-corrected chi connectivity index (χ4v) is 1.32. The van der Waals surface area contributed by atoms with Gasteiger partial charge in [0.15, 0.2) is 11.1 Å². The van der Waals surface area contributed by atoms with Crippen LogP contribution in [-0.4, -0.2) is 26.0 Å². The summed E-state index contributed by atoms with van der Waals surface area (Å²) in [6.45, 7) is -0.489. The van der Waals surface area contributed by atoms with Gasteiger partial charge in [0, 0.05) is 4.83 Å². The average Bonchev–Trinajstić information content (AvgIpc) is 1.83. The van der Waals surface area contributed by atoms with Gasteiger partial charge < -0.3 is 4.55 Å². The molecule has 0 saturated carbocycles. The van der Waals surface area contributed by atoms with Gasteiger partial charge in [0.2, 0.25) is 0 Å². The van der Waals surface area contributed by atoms with Crippen molar-refractivity contribution in [1.82, 2.24) is 0 Å². The van der Waals surface area contributed by atoms with Gasteiger partial charge in [-0.2, -0.15) is 0 Å². The maximum Gasteiger partial charge on any atom is 0.152 e. The van der Waals surface area contributed by atoms with Gasteiger partial charge in [0.05, 0.1) is 5.75 Å². The Morgan fingerprint density at radius 2 is 2.33 bits per heavy atom. The highest BCUT2D eigenvalue weighted by Gasteiger charge is 2.03. The lowest BCUT2D eigenvalue weighted by molar-refractivity contribution is 0.479. The Morgan fingerprint density at radius 3 is 2.67 bits per heavy atom. The molecule has 0 aliphatic heterocycles. The quantitative estimate of drug-likeness (QED) is 0.572. The lowest BCUT2D eigenvalue weighted by Crippen LogP contribution is -2.06. The minimum Gasteiger partial charge on any atom is -0.306 e. The van der Waals surface area contributed by atoms with E-state index < -0.39 is 17.8 Å². The van der Waals surface area contributed by atoms with E-state index in [0.717, 1.165) is 0 Å². The molecule has 5 heteroatoms. The van der Waals surface area contributed by atoms with Crippen LogP contribution in [0.15, 0.2) is 0 Å². The van der Waals surface area contributed by atoms with Crippen molar-refractivity contribution >= 4 is 27.0 Å². The normalized spacial score (nSPS) is 17.2. The number of alkyl halides is 2. The Labute approximate surface area is 64.2 Å². The van der Waals surface area contributed by atoms with Crippen LogP contribution in [-0.2, 0) is 11.1 Å². The molecular weight excluding hydrogens is 211 g/mol. The summed E-state index contributed by atoms with van der Waals surface area (Å²) in [5.74, 6) is 0.139. The van der Waals surface area contributed by atoms with Gasteiger partial charge in [-0.1, -0.05) is 15.9 Å². The zero-order valence-corrected chi connectivity index (χ0v) is 7.12. The third-order valence-corrected chi connectivity index (χ3v) is 2.06. The van der Waals surface area contributed by atoms with E-state index in [-0.39, 0.29) is 10.6 Å². The summed E-state index contributed by atoms with van der Waals surface area (Å²) in [5, 5.41) is 0. The molecular formula is C4H8BrFO2S. The molecule has 0 aliphatic carbocycles. The molecule has 0 heterocycles. The van der Waals surface area contributed by atoms with Crippen molar-refractivity contribution in [3.05, 3.63) is 0 Å². The standard InChI is InChI=1S/C4H8BrFO2S/c5-4(3-6)1-2-9(7)8/h4H,1-3H2,(H,7,8). The molecule has 9 heavy (non-hydrogen) atoms. The van der Waals surface area contributed by atoms with E-state index in [1.807, 2.05) is 0 Å². The average molecular weight is 219 g/mol. The van der Waals surface area contributed by atoms with Crippen LogP contribution in [0, 0.1) is 0 Å². The highest BCUT2D eigenvalue weighted by atomic mass is 79.9. The summed E-state index contributed by atoms with van der Waals surface area (Å²) >= 11 is 1.20. The topological polar surface area (TPSA) is 37.3 Å². The van der Waals surface area contributed by atoms with Crippen molar-refractivity contribution in [1.29, 1.82) is 0 Å². The van der Waals surface area contributed by atoms with Crippen LogP contribution in [0.1, 0.15) is 6.42 Å². The summed E-state index contributed by atoms with van der Waals surface area (Å²) in [5.41, 5.74) is 0. The Bertz CT molecular complexity index is 101. The van der Waals surface area contributed by atoms with Gasteiger partial charge in [-0.05, 0) is 6.42 Å². The first-order chi connectivity index (χ1) is 4.16. The van der Waals surface area contributed by atoms with Gasteiger partial charge in [-0.25, -0.2) is 8.60 Å². The monoisotopic (exact) mass is 218 g/mol. The minimum atomic E-state index is -1.78. The van der Waals surface area contributed by atoms with Crippen LogP contribution >= 0.6 is 15.9 Å². The van der Waals surface area contributed by atoms with E-state index in [2.05, 4.69) is 15.9 Å². The molecule has 0 radical (unpaired) electrons. The third-order valence-electron chi connectivity index (χ3n) is 0.773. The molecule has 2 nitrogen and oxygen atoms in total. The number of hydrogen-bond donors (Lipinski definition) is 1. The second-order valence-corrected chi connectivity index (χ2v) is 3.91. The van der Waals surface area contributed by atoms with Gasteiger partial charge in [-0.3, -0.25) is 0 Å². The van der Waals surface area contributed by atoms with E-state index in [4.69, 9.17) is 4.55 Å². The van der Waals surface area contributed by atoms with Crippen LogP contribution in [0.4, 0.5) is 4.39 Å². The first-order valence-corrected chi connectivity index (χ1v) is 4.63. The lowest BCUT2D eigenvalue weighted by Gasteiger charge is -1.99. The maximum absolute atomic E-state index is 11.6. The van der Waals surface area contributed by atoms with Gasteiger partial charge in [0.25, 0.3) is 0 Å².